The second-order valence-electron chi connectivity index (χ2n) is 6.34. The Balaban J connectivity index is 1.65. The molecule has 0 saturated heterocycles. The van der Waals surface area contributed by atoms with Gasteiger partial charge in [0.2, 0.25) is 16.9 Å². The number of nitrogens with one attached hydrogen (secondary N) is 1. The van der Waals surface area contributed by atoms with Crippen molar-refractivity contribution < 1.29 is 9.53 Å². The van der Waals surface area contributed by atoms with Crippen LogP contribution in [-0.2, 0) is 4.79 Å². The molecule has 3 aromatic rings. The minimum atomic E-state index is -0.665. The molecular weight excluding hydrogens is 445 g/mol. The minimum absolute atomic E-state index is 0.0727. The van der Waals surface area contributed by atoms with Crippen molar-refractivity contribution in [2.24, 2.45) is 16.6 Å². The summed E-state index contributed by atoms with van der Waals surface area (Å²) in [5, 5.41) is 5.89. The minimum Gasteiger partial charge on any atom is -0.421 e. The fraction of sp³-hybridized carbons (Fsp3) is 0.0500. The van der Waals surface area contributed by atoms with Gasteiger partial charge in [0.15, 0.2) is 0 Å². The molecule has 0 fully saturated rings. The average Bonchev–Trinajstić information content (AvgIpc) is 3.11. The zero-order valence-electron chi connectivity index (χ0n) is 15.3. The molecule has 30 heavy (non-hydrogen) atoms. The van der Waals surface area contributed by atoms with Gasteiger partial charge in [0.05, 0.1) is 22.6 Å². The molecule has 2 aromatic carbocycles. The van der Waals surface area contributed by atoms with Crippen LogP contribution in [0, 0.1) is 0 Å². The highest BCUT2D eigenvalue weighted by Crippen LogP contribution is 2.46. The number of amides is 1. The van der Waals surface area contributed by atoms with E-state index in [0.29, 0.717) is 25.9 Å². The molecule has 1 unspecified atom stereocenters. The van der Waals surface area contributed by atoms with Crippen LogP contribution < -0.4 is 21.6 Å². The van der Waals surface area contributed by atoms with Crippen LogP contribution in [-0.4, -0.2) is 17.1 Å². The van der Waals surface area contributed by atoms with Crippen molar-refractivity contribution >= 4 is 51.8 Å². The van der Waals surface area contributed by atoms with Gasteiger partial charge in [-0.15, -0.1) is 0 Å². The number of hydrogen-bond donors (Lipinski definition) is 3. The van der Waals surface area contributed by atoms with E-state index < -0.39 is 11.8 Å². The molecule has 0 aliphatic carbocycles. The molecule has 1 aliphatic heterocycles. The fourth-order valence-corrected chi connectivity index (χ4v) is 4.24. The van der Waals surface area contributed by atoms with E-state index in [1.54, 1.807) is 30.5 Å². The second kappa shape index (κ2) is 8.35. The molecule has 0 bridgehead atoms. The molecule has 5 N–H and O–H groups in total. The van der Waals surface area contributed by atoms with Crippen molar-refractivity contribution in [2.75, 3.05) is 5.43 Å². The molecule has 0 spiro atoms. The summed E-state index contributed by atoms with van der Waals surface area (Å²) in [4.78, 5) is 17.2. The second-order valence-corrected chi connectivity index (χ2v) is 8.24. The summed E-state index contributed by atoms with van der Waals surface area (Å²) in [6.07, 6.45) is 1.63. The van der Waals surface area contributed by atoms with E-state index in [2.05, 4.69) is 15.5 Å². The molecule has 1 aliphatic rings. The highest BCUT2D eigenvalue weighted by atomic mass is 35.5. The van der Waals surface area contributed by atoms with Crippen molar-refractivity contribution in [1.82, 2.24) is 4.98 Å². The molecule has 7 nitrogen and oxygen atoms in total. The van der Waals surface area contributed by atoms with E-state index in [4.69, 9.17) is 39.4 Å². The normalized spacial score (nSPS) is 15.7. The number of thiazole rings is 1. The number of nitrogens with zero attached hydrogens (tertiary/aromatic N) is 2. The number of carbonyl (C=O) groups excluding carboxylic acids is 1. The molecule has 1 amide bonds. The Kier molecular flexibility index (Phi) is 5.63. The number of aromatic nitrogens is 1. The maximum absolute atomic E-state index is 12.1. The Morgan fingerprint density at radius 2 is 1.77 bits per heavy atom. The van der Waals surface area contributed by atoms with Crippen LogP contribution >= 0.6 is 34.5 Å². The van der Waals surface area contributed by atoms with E-state index in [1.165, 1.54) is 11.3 Å². The molecule has 2 heterocycles. The predicted molar refractivity (Wildman–Crippen MR) is 119 cm³/mol. The molecule has 0 saturated carbocycles. The highest BCUT2D eigenvalue weighted by Gasteiger charge is 2.36. The third-order valence-electron chi connectivity index (χ3n) is 4.36. The first-order valence-electron chi connectivity index (χ1n) is 8.70. The largest absolute Gasteiger partial charge is 0.421 e. The lowest BCUT2D eigenvalue weighted by molar-refractivity contribution is -0.115. The van der Waals surface area contributed by atoms with Crippen LogP contribution in [0.15, 0.2) is 65.1 Å². The summed E-state index contributed by atoms with van der Waals surface area (Å²) in [6, 6.07) is 14.3. The lowest BCUT2D eigenvalue weighted by atomic mass is 9.88. The standard InChI is InChI=1S/C20H15Cl2N5O2S/c21-12-5-1-10(2-6-12)9-25-27-20-26-19-16(30-20)14(11-3-7-13(22)8-4-11)15(17(23)28)18(24)29-19/h1-9,14H,24H2,(H2,23,28)(H,26,27)/b25-9+. The van der Waals surface area contributed by atoms with Crippen molar-refractivity contribution in [1.29, 1.82) is 0 Å². The van der Waals surface area contributed by atoms with Crippen molar-refractivity contribution in [3.8, 4) is 5.88 Å². The topological polar surface area (TPSA) is 116 Å². The Hall–Kier alpha value is -3.07. The summed E-state index contributed by atoms with van der Waals surface area (Å²) in [7, 11) is 0. The van der Waals surface area contributed by atoms with E-state index >= 15 is 0 Å². The van der Waals surface area contributed by atoms with Crippen molar-refractivity contribution in [2.45, 2.75) is 5.92 Å². The van der Waals surface area contributed by atoms with Crippen LogP contribution in [0.4, 0.5) is 5.13 Å². The van der Waals surface area contributed by atoms with Gasteiger partial charge in [-0.3, -0.25) is 10.2 Å². The van der Waals surface area contributed by atoms with Crippen LogP contribution in [0.3, 0.4) is 0 Å². The Morgan fingerprint density at radius 3 is 2.40 bits per heavy atom. The van der Waals surface area contributed by atoms with Crippen molar-refractivity contribution in [3.63, 3.8) is 0 Å². The lowest BCUT2D eigenvalue weighted by Gasteiger charge is -2.24. The number of carbonyl (C=O) groups is 1. The zero-order valence-corrected chi connectivity index (χ0v) is 17.6. The molecule has 0 radical (unpaired) electrons. The Bertz CT molecular complexity index is 1160. The molecule has 1 atom stereocenters. The quantitative estimate of drug-likeness (QED) is 0.392. The monoisotopic (exact) mass is 459 g/mol. The van der Waals surface area contributed by atoms with Gasteiger partial charge in [-0.1, -0.05) is 58.8 Å². The van der Waals surface area contributed by atoms with Crippen LogP contribution in [0.25, 0.3) is 0 Å². The Morgan fingerprint density at radius 1 is 1.13 bits per heavy atom. The number of benzene rings is 2. The van der Waals surface area contributed by atoms with Gasteiger partial charge in [-0.05, 0) is 35.4 Å². The Labute approximate surface area is 186 Å². The first kappa shape index (κ1) is 20.2. The van der Waals surface area contributed by atoms with Crippen LogP contribution in [0.1, 0.15) is 21.9 Å². The molecule has 4 rings (SSSR count). The van der Waals surface area contributed by atoms with Crippen LogP contribution in [0.5, 0.6) is 5.88 Å². The first-order chi connectivity index (χ1) is 14.4. The van der Waals surface area contributed by atoms with Gasteiger partial charge in [-0.25, -0.2) is 0 Å². The van der Waals surface area contributed by atoms with Gasteiger partial charge in [0.1, 0.15) is 0 Å². The highest BCUT2D eigenvalue weighted by molar-refractivity contribution is 7.16. The van der Waals surface area contributed by atoms with E-state index in [0.717, 1.165) is 11.1 Å². The molecule has 10 heteroatoms. The van der Waals surface area contributed by atoms with Gasteiger partial charge in [0, 0.05) is 10.0 Å². The third kappa shape index (κ3) is 4.11. The maximum Gasteiger partial charge on any atom is 0.251 e. The summed E-state index contributed by atoms with van der Waals surface area (Å²) >= 11 is 13.2. The van der Waals surface area contributed by atoms with Crippen molar-refractivity contribution in [3.05, 3.63) is 86.0 Å². The molecule has 152 valence electrons. The van der Waals surface area contributed by atoms with Gasteiger partial charge < -0.3 is 16.2 Å². The third-order valence-corrected chi connectivity index (χ3v) is 5.87. The predicted octanol–water partition coefficient (Wildman–Crippen LogP) is 4.08. The fourth-order valence-electron chi connectivity index (χ4n) is 3.00. The number of fused-ring (bicyclic) bond motifs is 1. The summed E-state index contributed by atoms with van der Waals surface area (Å²) in [5.41, 5.74) is 16.3. The number of rotatable bonds is 5. The summed E-state index contributed by atoms with van der Waals surface area (Å²) < 4.78 is 5.56. The summed E-state index contributed by atoms with van der Waals surface area (Å²) in [5.74, 6) is -0.957. The van der Waals surface area contributed by atoms with Gasteiger partial charge >= 0.3 is 0 Å². The number of ether oxygens (including phenoxy) is 1. The van der Waals surface area contributed by atoms with Crippen LogP contribution in [0.2, 0.25) is 10.0 Å². The van der Waals surface area contributed by atoms with Gasteiger partial charge in [-0.2, -0.15) is 10.1 Å². The van der Waals surface area contributed by atoms with Gasteiger partial charge in [0.25, 0.3) is 5.91 Å². The maximum atomic E-state index is 12.1. The zero-order chi connectivity index (χ0) is 21.3. The number of primary amides is 1. The molecular formula is C20H15Cl2N5O2S. The van der Waals surface area contributed by atoms with E-state index in [9.17, 15) is 4.79 Å². The molecule has 1 aromatic heterocycles. The smallest absolute Gasteiger partial charge is 0.251 e. The van der Waals surface area contributed by atoms with E-state index in [1.807, 2.05) is 24.3 Å². The first-order valence-corrected chi connectivity index (χ1v) is 10.3. The number of nitrogens with two attached hydrogens (primary N) is 2. The number of anilines is 1. The van der Waals surface area contributed by atoms with E-state index in [-0.39, 0.29) is 11.5 Å². The number of halogens is 2. The SMILES string of the molecule is NC(=O)C1=C(N)Oc2nc(N/N=C/c3ccc(Cl)cc3)sc2C1c1ccc(Cl)cc1. The number of hydrazone groups is 1. The number of hydrogen-bond acceptors (Lipinski definition) is 7. The summed E-state index contributed by atoms with van der Waals surface area (Å²) in [6.45, 7) is 0. The average molecular weight is 460 g/mol. The lowest BCUT2D eigenvalue weighted by Crippen LogP contribution is -2.29.